The van der Waals surface area contributed by atoms with Crippen molar-refractivity contribution in [1.29, 1.82) is 0 Å². The average molecular weight is 345 g/mol. The van der Waals surface area contributed by atoms with Gasteiger partial charge in [-0.1, -0.05) is 29.3 Å². The number of phenolic OH excluding ortho intramolecular Hbond substituents is 2. The Hall–Kier alpha value is -1.53. The van der Waals surface area contributed by atoms with Crippen molar-refractivity contribution < 1.29 is 14.6 Å². The lowest BCUT2D eigenvalue weighted by molar-refractivity contribution is 0.463. The second-order valence-electron chi connectivity index (χ2n) is 4.98. The Morgan fingerprint density at radius 3 is 2.09 bits per heavy atom. The van der Waals surface area contributed by atoms with Gasteiger partial charge >= 0.3 is 0 Å². The third kappa shape index (κ3) is 3.62. The summed E-state index contributed by atoms with van der Waals surface area (Å²) in [7, 11) is 0. The second-order valence-corrected chi connectivity index (χ2v) is 5.79. The zero-order chi connectivity index (χ0) is 16.4. The van der Waals surface area contributed by atoms with Crippen LogP contribution in [0, 0.1) is 5.82 Å². The summed E-state index contributed by atoms with van der Waals surface area (Å²) in [6.45, 7) is 0. The Balaban J connectivity index is 2.23. The molecule has 2 aromatic rings. The Morgan fingerprint density at radius 1 is 0.955 bits per heavy atom. The molecular weight excluding hydrogens is 330 g/mol. The van der Waals surface area contributed by atoms with Crippen molar-refractivity contribution in [2.75, 3.05) is 0 Å². The average Bonchev–Trinajstić information content (AvgIpc) is 2.36. The van der Waals surface area contributed by atoms with Crippen LogP contribution in [0.25, 0.3) is 0 Å². The van der Waals surface area contributed by atoms with Crippen LogP contribution in [0.5, 0.6) is 11.5 Å². The summed E-state index contributed by atoms with van der Waals surface area (Å²) in [5.41, 5.74) is 12.7. The Labute approximate surface area is 137 Å². The van der Waals surface area contributed by atoms with Crippen LogP contribution in [0.4, 0.5) is 4.39 Å². The molecule has 0 aromatic heterocycles. The number of phenols is 2. The topological polar surface area (TPSA) is 92.5 Å². The molecule has 0 bridgehead atoms. The maximum absolute atomic E-state index is 13.8. The van der Waals surface area contributed by atoms with E-state index in [-0.39, 0.29) is 33.5 Å². The lowest BCUT2D eigenvalue weighted by atomic mass is 9.95. The summed E-state index contributed by atoms with van der Waals surface area (Å²) in [5, 5.41) is 19.1. The molecule has 0 radical (unpaired) electrons. The lowest BCUT2D eigenvalue weighted by Gasteiger charge is -2.20. The zero-order valence-corrected chi connectivity index (χ0v) is 12.9. The summed E-state index contributed by atoms with van der Waals surface area (Å²) >= 11 is 12.1. The molecule has 4 nitrogen and oxygen atoms in total. The first-order chi connectivity index (χ1) is 10.3. The molecule has 0 aliphatic carbocycles. The fraction of sp³-hybridized carbons (Fsp3) is 0.200. The van der Waals surface area contributed by atoms with E-state index < -0.39 is 17.9 Å². The monoisotopic (exact) mass is 344 g/mol. The van der Waals surface area contributed by atoms with Gasteiger partial charge < -0.3 is 21.7 Å². The number of aromatic hydroxyl groups is 2. The highest BCUT2D eigenvalue weighted by Gasteiger charge is 2.21. The van der Waals surface area contributed by atoms with Gasteiger partial charge in [0, 0.05) is 29.3 Å². The van der Waals surface area contributed by atoms with Gasteiger partial charge in [0.2, 0.25) is 0 Å². The van der Waals surface area contributed by atoms with Gasteiger partial charge in [0.1, 0.15) is 17.3 Å². The zero-order valence-electron chi connectivity index (χ0n) is 11.4. The molecule has 0 saturated heterocycles. The van der Waals surface area contributed by atoms with E-state index in [1.165, 1.54) is 24.3 Å². The second kappa shape index (κ2) is 6.71. The summed E-state index contributed by atoms with van der Waals surface area (Å²) in [6, 6.07) is 5.07. The molecule has 7 heteroatoms. The molecule has 0 aliphatic rings. The molecule has 0 aliphatic heterocycles. The van der Waals surface area contributed by atoms with Crippen LogP contribution in [0.3, 0.4) is 0 Å². The summed E-state index contributed by atoms with van der Waals surface area (Å²) < 4.78 is 13.8. The third-order valence-electron chi connectivity index (χ3n) is 3.33. The van der Waals surface area contributed by atoms with Crippen LogP contribution >= 0.6 is 23.2 Å². The molecule has 2 atom stereocenters. The minimum Gasteiger partial charge on any atom is -0.508 e. The number of rotatable bonds is 4. The molecule has 0 spiro atoms. The minimum atomic E-state index is -0.698. The largest absolute Gasteiger partial charge is 0.508 e. The Morgan fingerprint density at radius 2 is 1.55 bits per heavy atom. The fourth-order valence-electron chi connectivity index (χ4n) is 2.26. The minimum absolute atomic E-state index is 0.0696. The Bertz CT molecular complexity index is 674. The normalized spacial score (nSPS) is 13.9. The van der Waals surface area contributed by atoms with Gasteiger partial charge in [-0.2, -0.15) is 0 Å². The number of halogens is 3. The van der Waals surface area contributed by atoms with Crippen LogP contribution in [-0.2, 0) is 0 Å². The highest BCUT2D eigenvalue weighted by Crippen LogP contribution is 2.36. The predicted molar refractivity (Wildman–Crippen MR) is 84.7 cm³/mol. The van der Waals surface area contributed by atoms with Crippen molar-refractivity contribution >= 4 is 23.2 Å². The highest BCUT2D eigenvalue weighted by molar-refractivity contribution is 6.36. The molecule has 2 aromatic carbocycles. The van der Waals surface area contributed by atoms with E-state index in [4.69, 9.17) is 34.7 Å². The highest BCUT2D eigenvalue weighted by atomic mass is 35.5. The van der Waals surface area contributed by atoms with E-state index in [1.54, 1.807) is 0 Å². The quantitative estimate of drug-likeness (QED) is 0.681. The fourth-order valence-corrected chi connectivity index (χ4v) is 3.02. The van der Waals surface area contributed by atoms with Gasteiger partial charge in [0.05, 0.1) is 10.0 Å². The van der Waals surface area contributed by atoms with Gasteiger partial charge in [-0.05, 0) is 24.6 Å². The standard InChI is InChI=1S/C15H15Cl2FN2O2/c16-10-3-8(22)4-11(17)15(10)14(20)6-13(19)9-2-1-7(21)5-12(9)18/h1-5,13-14,21-22H,6,19-20H2. The van der Waals surface area contributed by atoms with E-state index in [1.807, 2.05) is 0 Å². The van der Waals surface area contributed by atoms with Gasteiger partial charge in [0.15, 0.2) is 0 Å². The number of hydrogen-bond acceptors (Lipinski definition) is 4. The molecule has 0 amide bonds. The predicted octanol–water partition coefficient (Wildman–Crippen LogP) is 3.63. The van der Waals surface area contributed by atoms with Gasteiger partial charge in [-0.15, -0.1) is 0 Å². The number of benzene rings is 2. The molecule has 6 N–H and O–H groups in total. The van der Waals surface area contributed by atoms with Crippen LogP contribution in [-0.4, -0.2) is 10.2 Å². The maximum atomic E-state index is 13.8. The van der Waals surface area contributed by atoms with Crippen molar-refractivity contribution in [3.05, 3.63) is 57.3 Å². The third-order valence-corrected chi connectivity index (χ3v) is 3.95. The van der Waals surface area contributed by atoms with E-state index >= 15 is 0 Å². The molecular formula is C15H15Cl2FN2O2. The first-order valence-electron chi connectivity index (χ1n) is 6.47. The molecule has 2 unspecified atom stereocenters. The van der Waals surface area contributed by atoms with Crippen molar-refractivity contribution in [1.82, 2.24) is 0 Å². The van der Waals surface area contributed by atoms with Crippen LogP contribution in [0.2, 0.25) is 10.0 Å². The first-order valence-corrected chi connectivity index (χ1v) is 7.22. The van der Waals surface area contributed by atoms with Crippen molar-refractivity contribution in [2.45, 2.75) is 18.5 Å². The van der Waals surface area contributed by atoms with Crippen molar-refractivity contribution in [3.63, 3.8) is 0 Å². The Kier molecular flexibility index (Phi) is 5.13. The van der Waals surface area contributed by atoms with Crippen LogP contribution in [0.1, 0.15) is 29.6 Å². The summed E-state index contributed by atoms with van der Waals surface area (Å²) in [6.07, 6.45) is 0.186. The molecule has 0 heterocycles. The van der Waals surface area contributed by atoms with Gasteiger partial charge in [-0.25, -0.2) is 4.39 Å². The maximum Gasteiger partial charge on any atom is 0.131 e. The van der Waals surface area contributed by atoms with E-state index in [0.29, 0.717) is 5.56 Å². The number of nitrogens with two attached hydrogens (primary N) is 2. The summed E-state index contributed by atoms with van der Waals surface area (Å²) in [4.78, 5) is 0. The van der Waals surface area contributed by atoms with Gasteiger partial charge in [-0.3, -0.25) is 0 Å². The first kappa shape index (κ1) is 16.8. The van der Waals surface area contributed by atoms with Crippen LogP contribution < -0.4 is 11.5 Å². The van der Waals surface area contributed by atoms with E-state index in [9.17, 15) is 14.6 Å². The van der Waals surface area contributed by atoms with E-state index in [0.717, 1.165) is 6.07 Å². The SMILES string of the molecule is NC(CC(N)c1c(Cl)cc(O)cc1Cl)c1ccc(O)cc1F. The van der Waals surface area contributed by atoms with Crippen molar-refractivity contribution in [3.8, 4) is 11.5 Å². The molecule has 118 valence electrons. The van der Waals surface area contributed by atoms with Crippen molar-refractivity contribution in [2.24, 2.45) is 11.5 Å². The molecule has 22 heavy (non-hydrogen) atoms. The number of hydrogen-bond donors (Lipinski definition) is 4. The smallest absolute Gasteiger partial charge is 0.131 e. The van der Waals surface area contributed by atoms with Crippen LogP contribution in [0.15, 0.2) is 30.3 Å². The van der Waals surface area contributed by atoms with E-state index in [2.05, 4.69) is 0 Å². The molecule has 2 rings (SSSR count). The molecule has 0 fully saturated rings. The molecule has 0 saturated carbocycles. The van der Waals surface area contributed by atoms with Gasteiger partial charge in [0.25, 0.3) is 0 Å². The lowest BCUT2D eigenvalue weighted by Crippen LogP contribution is -2.21. The summed E-state index contributed by atoms with van der Waals surface area (Å²) in [5.74, 6) is -0.857.